The molecule has 0 unspecified atom stereocenters. The monoisotopic (exact) mass is 1520 g/mol. The molecule has 0 aliphatic rings. The van der Waals surface area contributed by atoms with Crippen LogP contribution in [-0.2, 0) is 65.4 Å². The molecule has 4 amide bonds. The number of amides is 4. The van der Waals surface area contributed by atoms with E-state index in [1.54, 1.807) is 91.0 Å². The minimum Gasteiger partial charge on any atom is -0.358 e. The van der Waals surface area contributed by atoms with E-state index in [-0.39, 0.29) is 104 Å². The SMILES string of the molecule is CC#N.CC#N.CC#N.CC#N.CC#N.CC#N.CC#N.O=C(Nc1ccccc1)c1ccccc1.O=C(Nc1ccccc1)c1ccccc1.O=C(Nc1ccccc1)c1ccccc1.O=C(Nc1ccccc1)c1ccccc1.[CH3-].[CH3-].[Y].[Y].c1ccc(-c2ccccc2)cc1.c1ccccc1. The number of rotatable bonds is 9. The van der Waals surface area contributed by atoms with E-state index < -0.39 is 0 Å². The van der Waals surface area contributed by atoms with E-state index in [9.17, 15) is 19.2 Å². The fourth-order valence-corrected chi connectivity index (χ4v) is 6.90. The zero-order valence-electron chi connectivity index (χ0n) is 59.7. The summed E-state index contributed by atoms with van der Waals surface area (Å²) in [5.41, 5.74) is 8.47. The number of anilines is 4. The van der Waals surface area contributed by atoms with Gasteiger partial charge in [0.15, 0.2) is 0 Å². The fourth-order valence-electron chi connectivity index (χ4n) is 6.90. The minimum atomic E-state index is -0.0817. The van der Waals surface area contributed by atoms with E-state index in [1.165, 1.54) is 59.6 Å². The summed E-state index contributed by atoms with van der Waals surface area (Å²) in [6.07, 6.45) is 0. The minimum absolute atomic E-state index is 0. The number of para-hydroxylation sites is 4. The average molecular weight is 1520 g/mol. The van der Waals surface area contributed by atoms with Crippen molar-refractivity contribution in [1.29, 1.82) is 36.8 Å². The van der Waals surface area contributed by atoms with Crippen LogP contribution in [0.15, 0.2) is 340 Å². The number of nitriles is 7. The largest absolute Gasteiger partial charge is 0.358 e. The molecule has 11 aromatic carbocycles. The Labute approximate surface area is 662 Å². The Hall–Kier alpha value is -12.1. The van der Waals surface area contributed by atoms with Crippen LogP contribution in [0.5, 0.6) is 0 Å². The van der Waals surface area contributed by atoms with E-state index in [0.29, 0.717) is 22.3 Å². The predicted octanol–water partition coefficient (Wildman–Crippen LogP) is 21.4. The molecular weight excluding hydrogens is 1430 g/mol. The number of carbonyl (C=O) groups is 4. The quantitative estimate of drug-likeness (QED) is 0.0986. The van der Waals surface area contributed by atoms with Crippen LogP contribution in [0.4, 0.5) is 22.7 Å². The summed E-state index contributed by atoms with van der Waals surface area (Å²) in [5, 5.41) is 62.5. The van der Waals surface area contributed by atoms with E-state index >= 15 is 0 Å². The van der Waals surface area contributed by atoms with Crippen LogP contribution < -0.4 is 21.3 Å². The van der Waals surface area contributed by atoms with Gasteiger partial charge in [0.25, 0.3) is 23.6 Å². The Morgan fingerprint density at radius 1 is 0.204 bits per heavy atom. The number of carbonyl (C=O) groups excluding carboxylic acids is 4. The first-order chi connectivity index (χ1) is 48.3. The van der Waals surface area contributed by atoms with Crippen molar-refractivity contribution in [3.63, 3.8) is 0 Å². The molecule has 0 saturated heterocycles. The first kappa shape index (κ1) is 102. The molecule has 0 aromatic heterocycles. The Kier molecular flexibility index (Phi) is 74.9. The summed E-state index contributed by atoms with van der Waals surface area (Å²) >= 11 is 0. The van der Waals surface area contributed by atoms with Crippen molar-refractivity contribution in [2.45, 2.75) is 48.5 Å². The molecule has 4 N–H and O–H groups in total. The molecule has 15 nitrogen and oxygen atoms in total. The van der Waals surface area contributed by atoms with Crippen molar-refractivity contribution in [3.05, 3.63) is 377 Å². The number of nitrogens with one attached hydrogen (secondary N) is 4. The molecule has 103 heavy (non-hydrogen) atoms. The summed E-state index contributed by atoms with van der Waals surface area (Å²) in [7, 11) is 0. The van der Waals surface area contributed by atoms with Crippen LogP contribution in [0, 0.1) is 94.2 Å². The van der Waals surface area contributed by atoms with Gasteiger partial charge in [-0.25, -0.2) is 0 Å². The molecule has 2 radical (unpaired) electrons. The van der Waals surface area contributed by atoms with Gasteiger partial charge in [-0.3, -0.25) is 19.2 Å². The van der Waals surface area contributed by atoms with Crippen molar-refractivity contribution in [2.75, 3.05) is 21.3 Å². The molecule has 0 fully saturated rings. The van der Waals surface area contributed by atoms with Gasteiger partial charge < -0.3 is 36.1 Å². The van der Waals surface area contributed by atoms with Gasteiger partial charge in [-0.05, 0) is 108 Å². The standard InChI is InChI=1S/4C13H11NO.C12H10.C6H6.7C2H3N.2CH3.2Y/c4*15-13(11-7-3-1-4-8-11)14-12-9-5-2-6-10-12;1-3-7-11(8-4-1)12-9-5-2-6-10-12;1-2-4-6-5-3-1;7*1-2-3;;;;/h4*1-10H,(H,14,15);1-10H;1-6H;7*1H3;2*1H3;;/q;;;;;;;;;;;;;2*-1;;. The van der Waals surface area contributed by atoms with Crippen molar-refractivity contribution in [3.8, 4) is 53.6 Å². The average Bonchev–Trinajstić information content (AvgIpc) is 0.934. The summed E-state index contributed by atoms with van der Waals surface area (Å²) < 4.78 is 0. The van der Waals surface area contributed by atoms with Crippen LogP contribution in [0.25, 0.3) is 11.1 Å². The van der Waals surface area contributed by atoms with Crippen molar-refractivity contribution in [1.82, 2.24) is 0 Å². The summed E-state index contributed by atoms with van der Waals surface area (Å²) in [5.74, 6) is -0.327. The van der Waals surface area contributed by atoms with Gasteiger partial charge in [0.2, 0.25) is 0 Å². The van der Waals surface area contributed by atoms with Crippen LogP contribution >= 0.6 is 0 Å². The fraction of sp³-hybridized carbons (Fsp3) is 0.0814. The van der Waals surface area contributed by atoms with Crippen LogP contribution in [0.3, 0.4) is 0 Å². The molecule has 11 aromatic rings. The third-order valence-electron chi connectivity index (χ3n) is 10.8. The Bertz CT molecular complexity index is 3580. The Morgan fingerprint density at radius 2 is 0.301 bits per heavy atom. The normalized spacial score (nSPS) is 7.73. The summed E-state index contributed by atoms with van der Waals surface area (Å²) in [6.45, 7) is 10.0. The van der Waals surface area contributed by atoms with E-state index in [1.807, 2.05) is 243 Å². The van der Waals surface area contributed by atoms with Gasteiger partial charge in [0.1, 0.15) is 0 Å². The zero-order valence-corrected chi connectivity index (χ0v) is 65.4. The van der Waals surface area contributed by atoms with Crippen LogP contribution in [-0.4, -0.2) is 23.6 Å². The van der Waals surface area contributed by atoms with E-state index in [4.69, 9.17) is 36.8 Å². The first-order valence-electron chi connectivity index (χ1n) is 30.2. The van der Waals surface area contributed by atoms with Gasteiger partial charge in [0, 0.05) is 159 Å². The van der Waals surface area contributed by atoms with Crippen LogP contribution in [0.1, 0.15) is 89.9 Å². The Morgan fingerprint density at radius 3 is 0.427 bits per heavy atom. The molecule has 518 valence electrons. The molecule has 0 saturated carbocycles. The maximum absolute atomic E-state index is 11.7. The molecule has 0 heterocycles. The maximum Gasteiger partial charge on any atom is 0.255 e. The van der Waals surface area contributed by atoms with Crippen LogP contribution in [0.2, 0.25) is 0 Å². The number of benzene rings is 11. The molecule has 0 spiro atoms. The summed E-state index contributed by atoms with van der Waals surface area (Å²) in [4.78, 5) is 46.8. The third-order valence-corrected chi connectivity index (χ3v) is 10.8. The molecule has 0 aliphatic carbocycles. The van der Waals surface area contributed by atoms with E-state index in [2.05, 4.69) is 69.8 Å². The maximum atomic E-state index is 11.7. The molecule has 0 aliphatic heterocycles. The summed E-state index contributed by atoms with van der Waals surface area (Å²) in [6, 6.07) is 119. The first-order valence-corrected chi connectivity index (χ1v) is 30.2. The predicted molar refractivity (Wildman–Crippen MR) is 414 cm³/mol. The van der Waals surface area contributed by atoms with Crippen molar-refractivity contribution in [2.24, 2.45) is 0 Å². The second kappa shape index (κ2) is 75.7. The van der Waals surface area contributed by atoms with Gasteiger partial charge in [-0.2, -0.15) is 36.8 Å². The third kappa shape index (κ3) is 57.5. The van der Waals surface area contributed by atoms with Crippen molar-refractivity contribution >= 4 is 46.4 Å². The molecule has 0 atom stereocenters. The van der Waals surface area contributed by atoms with Gasteiger partial charge in [0.05, 0.1) is 42.5 Å². The molecule has 11 rings (SSSR count). The molecule has 17 heteroatoms. The van der Waals surface area contributed by atoms with Gasteiger partial charge >= 0.3 is 0 Å². The zero-order chi connectivity index (χ0) is 73.5. The number of nitrogens with zero attached hydrogens (tertiary/aromatic N) is 7. The van der Waals surface area contributed by atoms with E-state index in [0.717, 1.165) is 22.7 Å². The topological polar surface area (TPSA) is 283 Å². The Balaban J connectivity index is -0.000000260. The second-order valence-corrected chi connectivity index (χ2v) is 18.2. The molecular formula is C86H87N11O4Y2-2. The molecule has 0 bridgehead atoms. The smallest absolute Gasteiger partial charge is 0.255 e. The number of hydrogen-bond donors (Lipinski definition) is 4. The van der Waals surface area contributed by atoms with Crippen molar-refractivity contribution < 1.29 is 84.6 Å². The number of hydrogen-bond acceptors (Lipinski definition) is 11. The second-order valence-electron chi connectivity index (χ2n) is 18.2. The van der Waals surface area contributed by atoms with Gasteiger partial charge in [-0.1, -0.05) is 243 Å². The van der Waals surface area contributed by atoms with Gasteiger partial charge in [-0.15, -0.1) is 0 Å².